The van der Waals surface area contributed by atoms with Crippen molar-refractivity contribution in [2.24, 2.45) is 0 Å². The lowest BCUT2D eigenvalue weighted by atomic mass is 10.6. The Bertz CT molecular complexity index is 106. The van der Waals surface area contributed by atoms with Gasteiger partial charge in [0.25, 0.3) is 0 Å². The predicted octanol–water partition coefficient (Wildman–Crippen LogP) is 1.40. The first-order chi connectivity index (χ1) is 4.63. The third kappa shape index (κ3) is 7.62. The molecule has 0 aromatic heterocycles. The van der Waals surface area contributed by atoms with Crippen LogP contribution in [0, 0.1) is 0 Å². The van der Waals surface area contributed by atoms with Crippen LogP contribution in [-0.4, -0.2) is 28.7 Å². The van der Waals surface area contributed by atoms with Gasteiger partial charge >= 0.3 is 6.09 Å². The van der Waals surface area contributed by atoms with Gasteiger partial charge in [-0.05, 0) is 5.25 Å². The van der Waals surface area contributed by atoms with Crippen LogP contribution < -0.4 is 5.32 Å². The smallest absolute Gasteiger partial charge is 0.404 e. The van der Waals surface area contributed by atoms with Gasteiger partial charge in [-0.15, -0.1) is 0 Å². The molecule has 3 nitrogen and oxygen atoms in total. The van der Waals surface area contributed by atoms with Crippen molar-refractivity contribution in [2.45, 2.75) is 19.1 Å². The number of carboxylic acid groups (broad SMARTS) is 1. The van der Waals surface area contributed by atoms with Crippen LogP contribution in [-0.2, 0) is 0 Å². The van der Waals surface area contributed by atoms with E-state index >= 15 is 0 Å². The molecule has 0 fully saturated rings. The van der Waals surface area contributed by atoms with Gasteiger partial charge < -0.3 is 10.4 Å². The molecule has 0 atom stereocenters. The van der Waals surface area contributed by atoms with E-state index in [1.165, 1.54) is 0 Å². The van der Waals surface area contributed by atoms with Gasteiger partial charge in [-0.25, -0.2) is 4.79 Å². The number of hydrogen-bond acceptors (Lipinski definition) is 2. The molecule has 0 aliphatic carbocycles. The highest BCUT2D eigenvalue weighted by atomic mass is 32.2. The molecule has 0 rings (SSSR count). The molecule has 0 heterocycles. The summed E-state index contributed by atoms with van der Waals surface area (Å²) >= 11 is 1.75. The summed E-state index contributed by atoms with van der Waals surface area (Å²) < 4.78 is 0. The van der Waals surface area contributed by atoms with Crippen LogP contribution in [0.4, 0.5) is 4.79 Å². The Kier molecular flexibility index (Phi) is 5.20. The summed E-state index contributed by atoms with van der Waals surface area (Å²) in [4.78, 5) is 9.92. The van der Waals surface area contributed by atoms with Gasteiger partial charge in [0.05, 0.1) is 0 Å². The maximum atomic E-state index is 9.92. The van der Waals surface area contributed by atoms with Crippen molar-refractivity contribution in [1.29, 1.82) is 0 Å². The third-order valence-corrected chi connectivity index (χ3v) is 1.94. The Morgan fingerprint density at radius 1 is 1.70 bits per heavy atom. The summed E-state index contributed by atoms with van der Waals surface area (Å²) in [5.41, 5.74) is 0. The van der Waals surface area contributed by atoms with Gasteiger partial charge in [0.15, 0.2) is 0 Å². The highest BCUT2D eigenvalue weighted by molar-refractivity contribution is 7.99. The van der Waals surface area contributed by atoms with Crippen LogP contribution in [0.15, 0.2) is 0 Å². The first kappa shape index (κ1) is 9.62. The molecule has 0 spiro atoms. The first-order valence-corrected chi connectivity index (χ1v) is 4.26. The van der Waals surface area contributed by atoms with Crippen molar-refractivity contribution in [3.63, 3.8) is 0 Å². The fourth-order valence-electron chi connectivity index (χ4n) is 0.453. The van der Waals surface area contributed by atoms with Crippen LogP contribution >= 0.6 is 11.8 Å². The monoisotopic (exact) mass is 163 g/mol. The summed E-state index contributed by atoms with van der Waals surface area (Å²) in [5, 5.41) is 11.0. The normalized spacial score (nSPS) is 9.90. The molecule has 0 aliphatic heterocycles. The molecule has 60 valence electrons. The van der Waals surface area contributed by atoms with Gasteiger partial charge in [0, 0.05) is 12.3 Å². The first-order valence-electron chi connectivity index (χ1n) is 3.21. The molecule has 0 aliphatic rings. The van der Waals surface area contributed by atoms with Crippen molar-refractivity contribution in [1.82, 2.24) is 5.32 Å². The average molecular weight is 163 g/mol. The van der Waals surface area contributed by atoms with Gasteiger partial charge in [0.1, 0.15) is 0 Å². The number of rotatable bonds is 4. The number of thioether (sulfide) groups is 1. The second-order valence-corrected chi connectivity index (χ2v) is 3.84. The van der Waals surface area contributed by atoms with Crippen LogP contribution in [0.3, 0.4) is 0 Å². The molecule has 0 aromatic rings. The molecule has 0 saturated carbocycles. The largest absolute Gasteiger partial charge is 0.465 e. The van der Waals surface area contributed by atoms with E-state index < -0.39 is 6.09 Å². The summed E-state index contributed by atoms with van der Waals surface area (Å²) in [5.74, 6) is 0.851. The van der Waals surface area contributed by atoms with Gasteiger partial charge in [-0.3, -0.25) is 0 Å². The second kappa shape index (κ2) is 5.41. The lowest BCUT2D eigenvalue weighted by Gasteiger charge is -2.03. The Balaban J connectivity index is 2.98. The Morgan fingerprint density at radius 2 is 2.30 bits per heavy atom. The van der Waals surface area contributed by atoms with Crippen LogP contribution in [0.1, 0.15) is 13.8 Å². The van der Waals surface area contributed by atoms with Crippen LogP contribution in [0.25, 0.3) is 0 Å². The summed E-state index contributed by atoms with van der Waals surface area (Å²) in [6, 6.07) is 0. The molecule has 0 bridgehead atoms. The molecule has 0 radical (unpaired) electrons. The van der Waals surface area contributed by atoms with E-state index in [0.29, 0.717) is 11.8 Å². The molecular weight excluding hydrogens is 150 g/mol. The lowest BCUT2D eigenvalue weighted by Crippen LogP contribution is -2.23. The maximum Gasteiger partial charge on any atom is 0.404 e. The van der Waals surface area contributed by atoms with Gasteiger partial charge in [0.2, 0.25) is 0 Å². The minimum absolute atomic E-state index is 0.540. The topological polar surface area (TPSA) is 49.3 Å². The Hall–Kier alpha value is -0.380. The van der Waals surface area contributed by atoms with Crippen LogP contribution in [0.2, 0.25) is 0 Å². The minimum Gasteiger partial charge on any atom is -0.465 e. The van der Waals surface area contributed by atoms with Crippen LogP contribution in [0.5, 0.6) is 0 Å². The van der Waals surface area contributed by atoms with Crippen molar-refractivity contribution < 1.29 is 9.90 Å². The van der Waals surface area contributed by atoms with E-state index in [4.69, 9.17) is 5.11 Å². The van der Waals surface area contributed by atoms with Crippen molar-refractivity contribution in [3.8, 4) is 0 Å². The number of carbonyl (C=O) groups is 1. The van der Waals surface area contributed by atoms with Gasteiger partial charge in [-0.2, -0.15) is 11.8 Å². The average Bonchev–Trinajstić information content (AvgIpc) is 1.79. The zero-order valence-electron chi connectivity index (χ0n) is 6.26. The van der Waals surface area contributed by atoms with E-state index in [1.54, 1.807) is 11.8 Å². The van der Waals surface area contributed by atoms with E-state index in [0.717, 1.165) is 5.75 Å². The molecule has 0 unspecified atom stereocenters. The number of hydrogen-bond donors (Lipinski definition) is 2. The summed E-state index contributed by atoms with van der Waals surface area (Å²) in [6.07, 6.45) is -0.940. The minimum atomic E-state index is -0.940. The Labute approximate surface area is 65.2 Å². The molecule has 1 amide bonds. The maximum absolute atomic E-state index is 9.92. The van der Waals surface area contributed by atoms with Gasteiger partial charge in [-0.1, -0.05) is 13.8 Å². The second-order valence-electron chi connectivity index (χ2n) is 2.15. The van der Waals surface area contributed by atoms with E-state index in [9.17, 15) is 4.79 Å². The fourth-order valence-corrected chi connectivity index (χ4v) is 1.14. The zero-order valence-corrected chi connectivity index (χ0v) is 7.07. The molecule has 2 N–H and O–H groups in total. The SMILES string of the molecule is CC(C)SCCNC(=O)O. The zero-order chi connectivity index (χ0) is 7.98. The number of amides is 1. The van der Waals surface area contributed by atoms with E-state index in [-0.39, 0.29) is 0 Å². The van der Waals surface area contributed by atoms with Crippen molar-refractivity contribution in [3.05, 3.63) is 0 Å². The highest BCUT2D eigenvalue weighted by Crippen LogP contribution is 2.06. The third-order valence-electron chi connectivity index (χ3n) is 0.829. The summed E-state index contributed by atoms with van der Waals surface area (Å²) in [7, 11) is 0. The molecular formula is C6H13NO2S. The molecule has 10 heavy (non-hydrogen) atoms. The van der Waals surface area contributed by atoms with E-state index in [1.807, 2.05) is 0 Å². The standard InChI is InChI=1S/C6H13NO2S/c1-5(2)10-4-3-7-6(8)9/h5,7H,3-4H2,1-2H3,(H,8,9). The molecule has 0 aromatic carbocycles. The molecule has 0 saturated heterocycles. The number of nitrogens with one attached hydrogen (secondary N) is 1. The highest BCUT2D eigenvalue weighted by Gasteiger charge is 1.95. The lowest BCUT2D eigenvalue weighted by molar-refractivity contribution is 0.195. The van der Waals surface area contributed by atoms with E-state index in [2.05, 4.69) is 19.2 Å². The van der Waals surface area contributed by atoms with Crippen molar-refractivity contribution in [2.75, 3.05) is 12.3 Å². The van der Waals surface area contributed by atoms with Crippen molar-refractivity contribution >= 4 is 17.9 Å². The fraction of sp³-hybridized carbons (Fsp3) is 0.833. The molecule has 4 heteroatoms. The quantitative estimate of drug-likeness (QED) is 0.616. The summed E-state index contributed by atoms with van der Waals surface area (Å²) in [6.45, 7) is 4.72. The predicted molar refractivity (Wildman–Crippen MR) is 43.6 cm³/mol. The Morgan fingerprint density at radius 3 is 2.70 bits per heavy atom.